The molecule has 0 aromatic carbocycles. The minimum Gasteiger partial charge on any atom is -0.383 e. The molecular formula is C14H33N3O. The van der Waals surface area contributed by atoms with Gasteiger partial charge in [-0.15, -0.1) is 0 Å². The quantitative estimate of drug-likeness (QED) is 0.534. The van der Waals surface area contributed by atoms with Crippen molar-refractivity contribution >= 4 is 0 Å². The van der Waals surface area contributed by atoms with E-state index in [9.17, 15) is 0 Å². The van der Waals surface area contributed by atoms with Crippen molar-refractivity contribution in [3.63, 3.8) is 0 Å². The predicted molar refractivity (Wildman–Crippen MR) is 79.2 cm³/mol. The lowest BCUT2D eigenvalue weighted by Gasteiger charge is -2.28. The summed E-state index contributed by atoms with van der Waals surface area (Å²) < 4.78 is 5.17. The Labute approximate surface area is 114 Å². The van der Waals surface area contributed by atoms with Crippen LogP contribution < -0.4 is 5.32 Å². The van der Waals surface area contributed by atoms with Gasteiger partial charge in [-0.2, -0.15) is 0 Å². The van der Waals surface area contributed by atoms with E-state index in [-0.39, 0.29) is 0 Å². The van der Waals surface area contributed by atoms with E-state index in [1.54, 1.807) is 7.11 Å². The third-order valence-corrected chi connectivity index (χ3v) is 3.33. The van der Waals surface area contributed by atoms with Crippen molar-refractivity contribution < 1.29 is 4.74 Å². The number of rotatable bonds is 12. The van der Waals surface area contributed by atoms with Gasteiger partial charge in [0.1, 0.15) is 0 Å². The molecule has 1 N–H and O–H groups in total. The lowest BCUT2D eigenvalue weighted by molar-refractivity contribution is 0.123. The molecule has 1 atom stereocenters. The first-order valence-electron chi connectivity index (χ1n) is 7.20. The number of nitrogens with one attached hydrogen (secondary N) is 1. The second-order valence-electron chi connectivity index (χ2n) is 5.19. The topological polar surface area (TPSA) is 27.7 Å². The van der Waals surface area contributed by atoms with Crippen LogP contribution in [-0.2, 0) is 4.74 Å². The Morgan fingerprint density at radius 2 is 1.83 bits per heavy atom. The molecule has 0 bridgehead atoms. The van der Waals surface area contributed by atoms with Crippen molar-refractivity contribution in [1.29, 1.82) is 0 Å². The molecule has 1 unspecified atom stereocenters. The Morgan fingerprint density at radius 1 is 1.11 bits per heavy atom. The van der Waals surface area contributed by atoms with E-state index < -0.39 is 0 Å². The maximum Gasteiger partial charge on any atom is 0.0589 e. The van der Waals surface area contributed by atoms with Crippen LogP contribution in [0.4, 0.5) is 0 Å². The van der Waals surface area contributed by atoms with Crippen LogP contribution in [0.3, 0.4) is 0 Å². The van der Waals surface area contributed by atoms with Gasteiger partial charge in [0.15, 0.2) is 0 Å². The number of ether oxygens (including phenoxy) is 1. The van der Waals surface area contributed by atoms with Crippen LogP contribution in [0.2, 0.25) is 0 Å². The van der Waals surface area contributed by atoms with Crippen LogP contribution in [0.5, 0.6) is 0 Å². The predicted octanol–water partition coefficient (Wildman–Crippen LogP) is 1.27. The molecule has 0 aliphatic heterocycles. The summed E-state index contributed by atoms with van der Waals surface area (Å²) in [5.74, 6) is 0. The number of methoxy groups -OCH3 is 1. The van der Waals surface area contributed by atoms with Crippen LogP contribution in [0.15, 0.2) is 0 Å². The summed E-state index contributed by atoms with van der Waals surface area (Å²) in [5, 5.41) is 3.52. The van der Waals surface area contributed by atoms with Crippen LogP contribution in [0.1, 0.15) is 26.7 Å². The average molecular weight is 259 g/mol. The molecular weight excluding hydrogens is 226 g/mol. The van der Waals surface area contributed by atoms with E-state index in [2.05, 4.69) is 43.1 Å². The molecule has 0 spiro atoms. The van der Waals surface area contributed by atoms with Crippen molar-refractivity contribution in [2.24, 2.45) is 0 Å². The minimum atomic E-state index is 0.642. The van der Waals surface area contributed by atoms with Gasteiger partial charge >= 0.3 is 0 Å². The third-order valence-electron chi connectivity index (χ3n) is 3.33. The summed E-state index contributed by atoms with van der Waals surface area (Å²) in [6, 6.07) is 0.642. The van der Waals surface area contributed by atoms with Crippen LogP contribution >= 0.6 is 0 Å². The van der Waals surface area contributed by atoms with Gasteiger partial charge in [0, 0.05) is 32.8 Å². The van der Waals surface area contributed by atoms with Crippen LogP contribution in [-0.4, -0.2) is 76.4 Å². The van der Waals surface area contributed by atoms with Crippen molar-refractivity contribution in [3.05, 3.63) is 0 Å². The molecule has 0 heterocycles. The van der Waals surface area contributed by atoms with Crippen LogP contribution in [0.25, 0.3) is 0 Å². The molecule has 0 saturated heterocycles. The van der Waals surface area contributed by atoms with E-state index >= 15 is 0 Å². The highest BCUT2D eigenvalue weighted by Crippen LogP contribution is 2.02. The first-order chi connectivity index (χ1) is 8.61. The smallest absolute Gasteiger partial charge is 0.0589 e. The standard InChI is InChI=1S/C14H33N3O/c1-6-14(2)17(12-13-18-5)11-9-15-8-7-10-16(3)4/h14-15H,6-13H2,1-5H3. The molecule has 0 amide bonds. The van der Waals surface area contributed by atoms with Gasteiger partial charge < -0.3 is 15.0 Å². The first kappa shape index (κ1) is 17.8. The molecule has 0 aromatic rings. The van der Waals surface area contributed by atoms with Crippen molar-refractivity contribution in [2.45, 2.75) is 32.7 Å². The van der Waals surface area contributed by atoms with Gasteiger partial charge in [-0.3, -0.25) is 4.90 Å². The van der Waals surface area contributed by atoms with Gasteiger partial charge in [-0.25, -0.2) is 0 Å². The third kappa shape index (κ3) is 9.83. The summed E-state index contributed by atoms with van der Waals surface area (Å²) >= 11 is 0. The van der Waals surface area contributed by atoms with Gasteiger partial charge in [0.2, 0.25) is 0 Å². The summed E-state index contributed by atoms with van der Waals surface area (Å²) in [5.41, 5.74) is 0. The summed E-state index contributed by atoms with van der Waals surface area (Å²) in [6.07, 6.45) is 2.42. The van der Waals surface area contributed by atoms with Gasteiger partial charge in [-0.1, -0.05) is 6.92 Å². The highest BCUT2D eigenvalue weighted by Gasteiger charge is 2.10. The summed E-state index contributed by atoms with van der Waals surface area (Å²) in [4.78, 5) is 4.73. The highest BCUT2D eigenvalue weighted by molar-refractivity contribution is 4.67. The Morgan fingerprint density at radius 3 is 2.39 bits per heavy atom. The molecule has 110 valence electrons. The normalized spacial score (nSPS) is 13.5. The fourth-order valence-electron chi connectivity index (χ4n) is 1.89. The zero-order valence-electron chi connectivity index (χ0n) is 13.0. The highest BCUT2D eigenvalue weighted by atomic mass is 16.5. The summed E-state index contributed by atoms with van der Waals surface area (Å²) in [6.45, 7) is 10.8. The van der Waals surface area contributed by atoms with Crippen molar-refractivity contribution in [2.75, 3.05) is 60.5 Å². The fraction of sp³-hybridized carbons (Fsp3) is 1.00. The lowest BCUT2D eigenvalue weighted by Crippen LogP contribution is -2.40. The van der Waals surface area contributed by atoms with Gasteiger partial charge in [0.25, 0.3) is 0 Å². The van der Waals surface area contributed by atoms with E-state index in [4.69, 9.17) is 4.74 Å². The monoisotopic (exact) mass is 259 g/mol. The molecule has 0 aliphatic carbocycles. The molecule has 0 radical (unpaired) electrons. The summed E-state index contributed by atoms with van der Waals surface area (Å²) in [7, 11) is 6.01. The molecule has 0 fully saturated rings. The Hall–Kier alpha value is -0.160. The second-order valence-corrected chi connectivity index (χ2v) is 5.19. The van der Waals surface area contributed by atoms with E-state index in [0.717, 1.165) is 39.3 Å². The molecule has 4 nitrogen and oxygen atoms in total. The molecule has 0 saturated carbocycles. The Bertz CT molecular complexity index is 176. The molecule has 4 heteroatoms. The van der Waals surface area contributed by atoms with E-state index in [1.165, 1.54) is 12.8 Å². The van der Waals surface area contributed by atoms with Gasteiger partial charge in [0.05, 0.1) is 6.61 Å². The lowest BCUT2D eigenvalue weighted by atomic mass is 10.2. The van der Waals surface area contributed by atoms with Crippen LogP contribution in [0, 0.1) is 0 Å². The fourth-order valence-corrected chi connectivity index (χ4v) is 1.89. The second kappa shape index (κ2) is 11.9. The first-order valence-corrected chi connectivity index (χ1v) is 7.20. The minimum absolute atomic E-state index is 0.642. The number of nitrogens with zero attached hydrogens (tertiary/aromatic N) is 2. The number of hydrogen-bond donors (Lipinski definition) is 1. The van der Waals surface area contributed by atoms with Crippen molar-refractivity contribution in [1.82, 2.24) is 15.1 Å². The van der Waals surface area contributed by atoms with E-state index in [1.807, 2.05) is 0 Å². The zero-order valence-corrected chi connectivity index (χ0v) is 13.0. The maximum atomic E-state index is 5.17. The average Bonchev–Trinajstić information content (AvgIpc) is 2.35. The molecule has 0 aliphatic rings. The van der Waals surface area contributed by atoms with Crippen molar-refractivity contribution in [3.8, 4) is 0 Å². The maximum absolute atomic E-state index is 5.17. The molecule has 0 aromatic heterocycles. The number of hydrogen-bond acceptors (Lipinski definition) is 4. The Balaban J connectivity index is 3.62. The Kier molecular flexibility index (Phi) is 11.8. The van der Waals surface area contributed by atoms with Gasteiger partial charge in [-0.05, 0) is 47.0 Å². The largest absolute Gasteiger partial charge is 0.383 e. The zero-order chi connectivity index (χ0) is 13.8. The molecule has 0 rings (SSSR count). The van der Waals surface area contributed by atoms with E-state index in [0.29, 0.717) is 6.04 Å². The SMILES string of the molecule is CCC(C)N(CCNCCCN(C)C)CCOC. The molecule has 18 heavy (non-hydrogen) atoms.